The number of aliphatic hydroxyl groups excluding tert-OH is 2. The first-order valence-electron chi connectivity index (χ1n) is 23.4. The minimum absolute atomic E-state index is 0.00480. The van der Waals surface area contributed by atoms with Crippen LogP contribution in [0.2, 0.25) is 0 Å². The Bertz CT molecular complexity index is 2100. The number of aromatic amines is 1. The van der Waals surface area contributed by atoms with Crippen molar-refractivity contribution < 1.29 is 35.4 Å². The van der Waals surface area contributed by atoms with E-state index in [1.165, 1.54) is 25.3 Å². The van der Waals surface area contributed by atoms with Crippen molar-refractivity contribution in [3.63, 3.8) is 0 Å². The van der Waals surface area contributed by atoms with Gasteiger partial charge in [-0.3, -0.25) is 4.79 Å². The number of hydrogen-bond acceptors (Lipinski definition) is 8. The van der Waals surface area contributed by atoms with Crippen molar-refractivity contribution in [2.75, 3.05) is 5.73 Å². The van der Waals surface area contributed by atoms with E-state index >= 15 is 0 Å². The molecule has 3 aliphatic carbocycles. The fraction of sp³-hybridized carbons (Fsp3) is 0.538. The predicted octanol–water partition coefficient (Wildman–Crippen LogP) is 9.69. The average Bonchev–Trinajstić information content (AvgIpc) is 3.85. The number of pyridine rings is 1. The Labute approximate surface area is 367 Å². The van der Waals surface area contributed by atoms with E-state index in [-0.39, 0.29) is 60.0 Å². The number of carbonyl (C=O) groups is 1. The number of anilines is 1. The number of rotatable bonds is 16. The summed E-state index contributed by atoms with van der Waals surface area (Å²) in [5.74, 6) is -1.51. The summed E-state index contributed by atoms with van der Waals surface area (Å²) >= 11 is 0. The number of phenolic OH excluding ortho intramolecular Hbond substituents is 2. The standard InChI is InChI=1S/C52H69N3O7/c1-2-3-5-10-34-15-16-37(47(58)28-34)13-8-9-14-38-17-18-40(44-19-20-45(55-44)41-30-39(56)31-48(59)42(41)26-33-11-6-4-7-12-33)43-27-36(25-35-22-24-54-49(53)29-35)32-52(43,62)23-21-46(57)50(38)51(60)61/h4,6-7,11-12,15-16,19-20,22,24,29-31,34,36-38,40,43,46-47,50,55-59,62H,2-3,5,8-10,13-14,17-18,21,23,25-28,32H2,1H3,(H2,53,54)(H,60,61). The molecule has 0 radical (unpaired) electrons. The third-order valence-corrected chi connectivity index (χ3v) is 14.7. The van der Waals surface area contributed by atoms with Crippen LogP contribution in [0.15, 0.2) is 85.1 Å². The number of hydrogen-bond donors (Lipinski definition) is 8. The number of nitrogens with one attached hydrogen (secondary N) is 1. The zero-order valence-electron chi connectivity index (χ0n) is 36.4. The number of fused-ring (bicyclic) bond motifs is 1. The lowest BCUT2D eigenvalue weighted by Crippen LogP contribution is -2.42. The Morgan fingerprint density at radius 3 is 2.42 bits per heavy atom. The summed E-state index contributed by atoms with van der Waals surface area (Å²) in [5, 5.41) is 68.0. The van der Waals surface area contributed by atoms with Gasteiger partial charge in [0.25, 0.3) is 0 Å². The number of nitrogens with two attached hydrogens (primary N) is 1. The SMILES string of the molecule is CCCCCC1C=CC(CCCCC2CCC(c3ccc(-c4cc(O)cc(O)c4Cc4ccccc4)[nH]3)C3CC(Cc4ccnc(N)c4)CC3(O)CCC(O)C2C(=O)O)C(O)C1. The van der Waals surface area contributed by atoms with Gasteiger partial charge in [0.1, 0.15) is 17.3 Å². The maximum atomic E-state index is 13.1. The molecule has 334 valence electrons. The van der Waals surface area contributed by atoms with Gasteiger partial charge in [0.15, 0.2) is 0 Å². The fourth-order valence-corrected chi connectivity index (χ4v) is 11.6. The molecule has 2 fully saturated rings. The van der Waals surface area contributed by atoms with Crippen LogP contribution in [0, 0.1) is 35.5 Å². The molecular weight excluding hydrogens is 779 g/mol. The van der Waals surface area contributed by atoms with Gasteiger partial charge in [-0.25, -0.2) is 4.98 Å². The summed E-state index contributed by atoms with van der Waals surface area (Å²) in [6.45, 7) is 2.21. The molecular formula is C52H69N3O7. The van der Waals surface area contributed by atoms with Crippen LogP contribution >= 0.6 is 0 Å². The summed E-state index contributed by atoms with van der Waals surface area (Å²) in [7, 11) is 0. The molecule has 10 nitrogen and oxygen atoms in total. The summed E-state index contributed by atoms with van der Waals surface area (Å²) < 4.78 is 0. The van der Waals surface area contributed by atoms with E-state index in [0.717, 1.165) is 61.0 Å². The minimum atomic E-state index is -1.15. The first-order chi connectivity index (χ1) is 29.9. The second kappa shape index (κ2) is 20.7. The van der Waals surface area contributed by atoms with Gasteiger partial charge in [-0.15, -0.1) is 0 Å². The van der Waals surface area contributed by atoms with Gasteiger partial charge < -0.3 is 41.4 Å². The summed E-state index contributed by atoms with van der Waals surface area (Å²) in [5.41, 5.74) is 10.0. The maximum absolute atomic E-state index is 13.1. The molecule has 0 bridgehead atoms. The average molecular weight is 848 g/mol. The Balaban J connectivity index is 1.15. The van der Waals surface area contributed by atoms with Crippen molar-refractivity contribution in [2.24, 2.45) is 35.5 Å². The number of phenols is 2. The van der Waals surface area contributed by atoms with Crippen LogP contribution in [0.3, 0.4) is 0 Å². The zero-order chi connectivity index (χ0) is 43.8. The van der Waals surface area contributed by atoms with Gasteiger partial charge in [0, 0.05) is 53.0 Å². The van der Waals surface area contributed by atoms with Gasteiger partial charge in [-0.1, -0.05) is 81.5 Å². The van der Waals surface area contributed by atoms with Crippen LogP contribution < -0.4 is 5.73 Å². The van der Waals surface area contributed by atoms with E-state index in [0.29, 0.717) is 61.4 Å². The third kappa shape index (κ3) is 11.1. The van der Waals surface area contributed by atoms with Gasteiger partial charge in [-0.2, -0.15) is 0 Å². The van der Waals surface area contributed by atoms with Crippen LogP contribution in [0.1, 0.15) is 132 Å². The molecule has 2 aromatic carbocycles. The second-order valence-electron chi connectivity index (χ2n) is 19.1. The van der Waals surface area contributed by atoms with Gasteiger partial charge in [0.05, 0.1) is 23.7 Å². The number of unbranched alkanes of at least 4 members (excludes halogenated alkanes) is 3. The normalized spacial score (nSPS) is 29.0. The molecule has 0 aliphatic heterocycles. The number of allylic oxidation sites excluding steroid dienone is 1. The highest BCUT2D eigenvalue weighted by atomic mass is 16.4. The lowest BCUT2D eigenvalue weighted by Gasteiger charge is -2.39. The van der Waals surface area contributed by atoms with Crippen molar-refractivity contribution in [1.29, 1.82) is 0 Å². The topological polar surface area (TPSA) is 193 Å². The zero-order valence-corrected chi connectivity index (χ0v) is 36.4. The molecule has 0 spiro atoms. The summed E-state index contributed by atoms with van der Waals surface area (Å²) in [6.07, 6.45) is 17.5. The molecule has 0 saturated heterocycles. The van der Waals surface area contributed by atoms with Crippen molar-refractivity contribution >= 4 is 11.8 Å². The summed E-state index contributed by atoms with van der Waals surface area (Å²) in [4.78, 5) is 20.9. The Morgan fingerprint density at radius 1 is 0.871 bits per heavy atom. The molecule has 0 amide bonds. The number of H-pyrrole nitrogens is 1. The smallest absolute Gasteiger partial charge is 0.309 e. The highest BCUT2D eigenvalue weighted by molar-refractivity contribution is 5.71. The van der Waals surface area contributed by atoms with Crippen molar-refractivity contribution in [3.8, 4) is 22.8 Å². The van der Waals surface area contributed by atoms with E-state index in [2.05, 4.69) is 29.0 Å². The van der Waals surface area contributed by atoms with E-state index < -0.39 is 23.6 Å². The largest absolute Gasteiger partial charge is 0.508 e. The third-order valence-electron chi connectivity index (χ3n) is 14.7. The van der Waals surface area contributed by atoms with Crippen molar-refractivity contribution in [2.45, 2.75) is 140 Å². The Kier molecular flexibility index (Phi) is 15.1. The number of carboxylic acid groups (broad SMARTS) is 1. The van der Waals surface area contributed by atoms with Crippen LogP contribution in [-0.2, 0) is 17.6 Å². The van der Waals surface area contributed by atoms with E-state index in [4.69, 9.17) is 5.73 Å². The highest BCUT2D eigenvalue weighted by Crippen LogP contribution is 2.53. The molecule has 10 atom stereocenters. The molecule has 7 rings (SSSR count). The minimum Gasteiger partial charge on any atom is -0.508 e. The number of aliphatic hydroxyl groups is 3. The number of benzene rings is 2. The summed E-state index contributed by atoms with van der Waals surface area (Å²) in [6, 6.07) is 20.8. The van der Waals surface area contributed by atoms with Crippen LogP contribution in [0.25, 0.3) is 11.3 Å². The molecule has 62 heavy (non-hydrogen) atoms. The van der Waals surface area contributed by atoms with Gasteiger partial charge in [0.2, 0.25) is 0 Å². The maximum Gasteiger partial charge on any atom is 0.309 e. The van der Waals surface area contributed by atoms with Crippen LogP contribution in [0.4, 0.5) is 5.82 Å². The molecule has 9 N–H and O–H groups in total. The number of carboxylic acids is 1. The Morgan fingerprint density at radius 2 is 1.66 bits per heavy atom. The lowest BCUT2D eigenvalue weighted by molar-refractivity contribution is -0.150. The van der Waals surface area contributed by atoms with Crippen LogP contribution in [0.5, 0.6) is 11.5 Å². The lowest BCUT2D eigenvalue weighted by atomic mass is 9.69. The Hall–Kier alpha value is -4.64. The van der Waals surface area contributed by atoms with Crippen LogP contribution in [-0.4, -0.2) is 64.4 Å². The molecule has 10 unspecified atom stereocenters. The number of aromatic nitrogens is 2. The molecule has 2 saturated carbocycles. The number of aliphatic carboxylic acids is 1. The first-order valence-corrected chi connectivity index (χ1v) is 23.4. The monoisotopic (exact) mass is 848 g/mol. The molecule has 4 aromatic rings. The predicted molar refractivity (Wildman–Crippen MR) is 244 cm³/mol. The molecule has 10 heteroatoms. The molecule has 2 heterocycles. The van der Waals surface area contributed by atoms with E-state index in [9.17, 15) is 35.4 Å². The molecule has 3 aliphatic rings. The quantitative estimate of drug-likeness (QED) is 0.0400. The first kappa shape index (κ1) is 45.4. The highest BCUT2D eigenvalue weighted by Gasteiger charge is 2.51. The van der Waals surface area contributed by atoms with E-state index in [1.807, 2.05) is 54.6 Å². The fourth-order valence-electron chi connectivity index (χ4n) is 11.6. The van der Waals surface area contributed by atoms with Gasteiger partial charge in [-0.05, 0) is 136 Å². The second-order valence-corrected chi connectivity index (χ2v) is 19.1. The number of aromatic hydroxyl groups is 2. The number of nitrogen functional groups attached to an aromatic ring is 1. The number of nitrogens with zero attached hydrogens (tertiary/aromatic N) is 1. The van der Waals surface area contributed by atoms with Gasteiger partial charge >= 0.3 is 5.97 Å². The van der Waals surface area contributed by atoms with Crippen molar-refractivity contribution in [3.05, 3.63) is 107 Å². The van der Waals surface area contributed by atoms with E-state index in [1.54, 1.807) is 12.3 Å². The van der Waals surface area contributed by atoms with Crippen molar-refractivity contribution in [1.82, 2.24) is 9.97 Å². The molecule has 2 aromatic heterocycles.